The third-order valence-corrected chi connectivity index (χ3v) is 4.48. The Bertz CT molecular complexity index is 1090. The van der Waals surface area contributed by atoms with Gasteiger partial charge < -0.3 is 0 Å². The van der Waals surface area contributed by atoms with Crippen LogP contribution in [0.15, 0.2) is 66.7 Å². The van der Waals surface area contributed by atoms with E-state index in [0.29, 0.717) is 5.56 Å². The highest BCUT2D eigenvalue weighted by atomic mass is 16.1. The molecule has 0 aliphatic carbocycles. The minimum Gasteiger partial charge on any atom is -0.294 e. The zero-order valence-electron chi connectivity index (χ0n) is 13.7. The monoisotopic (exact) mass is 311 g/mol. The van der Waals surface area contributed by atoms with Crippen molar-refractivity contribution in [1.82, 2.24) is 4.98 Å². The Hall–Kier alpha value is -3.00. The number of carbonyl (C=O) groups excluding carboxylic acids is 1. The molecule has 0 N–H and O–H groups in total. The van der Waals surface area contributed by atoms with E-state index in [1.807, 2.05) is 49.4 Å². The first-order valence-corrected chi connectivity index (χ1v) is 8.05. The number of fused-ring (bicyclic) bond motifs is 2. The van der Waals surface area contributed by atoms with E-state index in [-0.39, 0.29) is 5.78 Å². The molecule has 1 aromatic heterocycles. The number of carbonyl (C=O) groups is 1. The Morgan fingerprint density at radius 3 is 2.29 bits per heavy atom. The van der Waals surface area contributed by atoms with Gasteiger partial charge in [-0.25, -0.2) is 0 Å². The third-order valence-electron chi connectivity index (χ3n) is 4.48. The van der Waals surface area contributed by atoms with Crippen molar-refractivity contribution in [3.8, 4) is 11.1 Å². The Morgan fingerprint density at radius 2 is 1.50 bits per heavy atom. The van der Waals surface area contributed by atoms with Gasteiger partial charge in [-0.1, -0.05) is 60.7 Å². The Morgan fingerprint density at radius 1 is 0.833 bits per heavy atom. The fraction of sp³-hybridized carbons (Fsp3) is 0.0909. The fourth-order valence-corrected chi connectivity index (χ4v) is 3.49. The number of para-hydroxylation sites is 1. The molecule has 0 amide bonds. The number of aryl methyl sites for hydroxylation is 1. The van der Waals surface area contributed by atoms with Gasteiger partial charge in [0.1, 0.15) is 0 Å². The molecule has 0 aliphatic heterocycles. The summed E-state index contributed by atoms with van der Waals surface area (Å²) in [5, 5.41) is 3.34. The van der Waals surface area contributed by atoms with Crippen LogP contribution in [0, 0.1) is 6.92 Å². The second kappa shape index (κ2) is 5.57. The van der Waals surface area contributed by atoms with Crippen LogP contribution in [-0.4, -0.2) is 10.8 Å². The molecular weight excluding hydrogens is 294 g/mol. The molecule has 24 heavy (non-hydrogen) atoms. The van der Waals surface area contributed by atoms with Gasteiger partial charge in [0, 0.05) is 22.2 Å². The van der Waals surface area contributed by atoms with E-state index in [9.17, 15) is 4.79 Å². The zero-order chi connectivity index (χ0) is 16.7. The van der Waals surface area contributed by atoms with Crippen molar-refractivity contribution in [1.29, 1.82) is 0 Å². The lowest BCUT2D eigenvalue weighted by molar-refractivity contribution is 0.101. The Kier molecular flexibility index (Phi) is 3.39. The van der Waals surface area contributed by atoms with E-state index >= 15 is 0 Å². The predicted molar refractivity (Wildman–Crippen MR) is 99.4 cm³/mol. The van der Waals surface area contributed by atoms with Gasteiger partial charge in [-0.2, -0.15) is 0 Å². The van der Waals surface area contributed by atoms with E-state index in [2.05, 4.69) is 29.2 Å². The summed E-state index contributed by atoms with van der Waals surface area (Å²) in [5.41, 5.74) is 4.49. The normalized spacial score (nSPS) is 11.1. The van der Waals surface area contributed by atoms with Crippen molar-refractivity contribution >= 4 is 27.5 Å². The number of ketones is 1. The quantitative estimate of drug-likeness (QED) is 0.453. The number of pyridine rings is 1. The summed E-state index contributed by atoms with van der Waals surface area (Å²) in [6, 6.07) is 22.6. The van der Waals surface area contributed by atoms with Gasteiger partial charge in [0.25, 0.3) is 0 Å². The Balaban J connectivity index is 2.23. The first kappa shape index (κ1) is 14.6. The van der Waals surface area contributed by atoms with Crippen molar-refractivity contribution in [3.05, 3.63) is 78.0 Å². The molecule has 3 aromatic carbocycles. The van der Waals surface area contributed by atoms with Crippen LogP contribution in [0.2, 0.25) is 0 Å². The van der Waals surface area contributed by atoms with Gasteiger partial charge in [0.15, 0.2) is 5.78 Å². The average molecular weight is 311 g/mol. The third kappa shape index (κ3) is 2.19. The van der Waals surface area contributed by atoms with Crippen molar-refractivity contribution < 1.29 is 4.79 Å². The van der Waals surface area contributed by atoms with Crippen LogP contribution in [0.1, 0.15) is 23.0 Å². The molecule has 0 saturated heterocycles. The number of rotatable bonds is 2. The highest BCUT2D eigenvalue weighted by Crippen LogP contribution is 2.37. The van der Waals surface area contributed by atoms with E-state index in [4.69, 9.17) is 0 Å². The molecule has 0 radical (unpaired) electrons. The summed E-state index contributed by atoms with van der Waals surface area (Å²) in [7, 11) is 0. The van der Waals surface area contributed by atoms with E-state index in [1.54, 1.807) is 6.92 Å². The number of aromatic nitrogens is 1. The molecule has 0 atom stereocenters. The second-order valence-corrected chi connectivity index (χ2v) is 6.05. The SMILES string of the molecule is CC(=O)c1c(C)nc2ccccc2c1-c1cccc2ccccc12. The smallest absolute Gasteiger partial charge is 0.162 e. The number of benzene rings is 3. The van der Waals surface area contributed by atoms with Crippen LogP contribution in [0.25, 0.3) is 32.8 Å². The second-order valence-electron chi connectivity index (χ2n) is 6.05. The topological polar surface area (TPSA) is 30.0 Å². The lowest BCUT2D eigenvalue weighted by atomic mass is 9.89. The maximum Gasteiger partial charge on any atom is 0.162 e. The minimum absolute atomic E-state index is 0.0497. The van der Waals surface area contributed by atoms with Crippen LogP contribution in [0.3, 0.4) is 0 Å². The molecule has 116 valence electrons. The molecule has 0 bridgehead atoms. The van der Waals surface area contributed by atoms with Crippen LogP contribution in [0.5, 0.6) is 0 Å². The van der Waals surface area contributed by atoms with Gasteiger partial charge in [0.2, 0.25) is 0 Å². The summed E-state index contributed by atoms with van der Waals surface area (Å²) in [6.07, 6.45) is 0. The molecular formula is C22H17NO. The van der Waals surface area contributed by atoms with Crippen molar-refractivity contribution in [2.45, 2.75) is 13.8 Å². The molecule has 2 heteroatoms. The summed E-state index contributed by atoms with van der Waals surface area (Å²) < 4.78 is 0. The molecule has 4 aromatic rings. The maximum atomic E-state index is 12.4. The minimum atomic E-state index is 0.0497. The molecule has 2 nitrogen and oxygen atoms in total. The zero-order valence-corrected chi connectivity index (χ0v) is 13.7. The molecule has 1 heterocycles. The summed E-state index contributed by atoms with van der Waals surface area (Å²) in [5.74, 6) is 0.0497. The van der Waals surface area contributed by atoms with Crippen LogP contribution in [0.4, 0.5) is 0 Å². The average Bonchev–Trinajstić information content (AvgIpc) is 2.60. The fourth-order valence-electron chi connectivity index (χ4n) is 3.49. The van der Waals surface area contributed by atoms with Gasteiger partial charge in [-0.15, -0.1) is 0 Å². The van der Waals surface area contributed by atoms with E-state index in [1.165, 1.54) is 5.39 Å². The highest BCUT2D eigenvalue weighted by Gasteiger charge is 2.18. The number of Topliss-reactive ketones (excluding diaryl/α,β-unsaturated/α-hetero) is 1. The number of hydrogen-bond donors (Lipinski definition) is 0. The van der Waals surface area contributed by atoms with Gasteiger partial charge in [-0.05, 0) is 36.2 Å². The standard InChI is InChI=1S/C22H17NO/c1-14-21(15(2)24)22(19-11-5-6-13-20(19)23-14)18-12-7-9-16-8-3-4-10-17(16)18/h3-13H,1-2H3. The maximum absolute atomic E-state index is 12.4. The van der Waals surface area contributed by atoms with Gasteiger partial charge >= 0.3 is 0 Å². The molecule has 0 saturated carbocycles. The highest BCUT2D eigenvalue weighted by molar-refractivity contribution is 6.13. The van der Waals surface area contributed by atoms with Gasteiger partial charge in [-0.3, -0.25) is 9.78 Å². The number of nitrogens with zero attached hydrogens (tertiary/aromatic N) is 1. The first-order valence-electron chi connectivity index (χ1n) is 8.05. The van der Waals surface area contributed by atoms with Crippen LogP contribution in [-0.2, 0) is 0 Å². The van der Waals surface area contributed by atoms with Crippen LogP contribution < -0.4 is 0 Å². The summed E-state index contributed by atoms with van der Waals surface area (Å²) in [4.78, 5) is 17.0. The van der Waals surface area contributed by atoms with Crippen molar-refractivity contribution in [2.75, 3.05) is 0 Å². The molecule has 0 aliphatic rings. The molecule has 0 fully saturated rings. The summed E-state index contributed by atoms with van der Waals surface area (Å²) in [6.45, 7) is 3.53. The number of hydrogen-bond acceptors (Lipinski definition) is 2. The van der Waals surface area contributed by atoms with Gasteiger partial charge in [0.05, 0.1) is 5.52 Å². The molecule has 0 unspecified atom stereocenters. The van der Waals surface area contributed by atoms with Crippen molar-refractivity contribution in [2.24, 2.45) is 0 Å². The van der Waals surface area contributed by atoms with Crippen LogP contribution >= 0.6 is 0 Å². The largest absolute Gasteiger partial charge is 0.294 e. The van der Waals surface area contributed by atoms with Crippen molar-refractivity contribution in [3.63, 3.8) is 0 Å². The van der Waals surface area contributed by atoms with E-state index < -0.39 is 0 Å². The summed E-state index contributed by atoms with van der Waals surface area (Å²) >= 11 is 0. The Labute approximate surface area is 140 Å². The predicted octanol–water partition coefficient (Wildman–Crippen LogP) is 5.57. The molecule has 0 spiro atoms. The lowest BCUT2D eigenvalue weighted by Gasteiger charge is -2.15. The first-order chi connectivity index (χ1) is 11.7. The molecule has 4 rings (SSSR count). The lowest BCUT2D eigenvalue weighted by Crippen LogP contribution is -2.04. The van der Waals surface area contributed by atoms with E-state index in [0.717, 1.165) is 33.1 Å².